The van der Waals surface area contributed by atoms with Gasteiger partial charge in [-0.1, -0.05) is 12.8 Å². The van der Waals surface area contributed by atoms with E-state index >= 15 is 0 Å². The highest BCUT2D eigenvalue weighted by Gasteiger charge is 2.38. The van der Waals surface area contributed by atoms with Crippen LogP contribution < -0.4 is 5.32 Å². The minimum Gasteiger partial charge on any atom is -0.481 e. The van der Waals surface area contributed by atoms with Crippen molar-refractivity contribution >= 4 is 39.3 Å². The lowest BCUT2D eigenvalue weighted by molar-refractivity contribution is -0.138. The summed E-state index contributed by atoms with van der Waals surface area (Å²) in [5.74, 6) is -0.859. The van der Waals surface area contributed by atoms with Crippen LogP contribution in [0.15, 0.2) is 15.9 Å². The van der Waals surface area contributed by atoms with Gasteiger partial charge in [-0.15, -0.1) is 11.3 Å². The van der Waals surface area contributed by atoms with E-state index in [2.05, 4.69) is 21.2 Å². The molecule has 2 rings (SSSR count). The van der Waals surface area contributed by atoms with Crippen LogP contribution in [-0.4, -0.2) is 34.6 Å². The zero-order chi connectivity index (χ0) is 15.5. The van der Waals surface area contributed by atoms with E-state index < -0.39 is 11.5 Å². The first kappa shape index (κ1) is 16.3. The SMILES string of the molecule is CN(Cc1cc(Br)cs1)C(=O)NC1(CC(=O)O)CCCC1. The molecule has 5 nitrogen and oxygen atoms in total. The van der Waals surface area contributed by atoms with Crippen LogP contribution in [0.5, 0.6) is 0 Å². The van der Waals surface area contributed by atoms with Crippen molar-refractivity contribution in [3.8, 4) is 0 Å². The number of thiophene rings is 1. The topological polar surface area (TPSA) is 69.6 Å². The van der Waals surface area contributed by atoms with Crippen LogP contribution in [0.4, 0.5) is 4.79 Å². The van der Waals surface area contributed by atoms with Gasteiger partial charge in [-0.25, -0.2) is 4.79 Å². The van der Waals surface area contributed by atoms with Crippen molar-refractivity contribution in [2.24, 2.45) is 0 Å². The molecule has 1 saturated carbocycles. The zero-order valence-electron chi connectivity index (χ0n) is 11.9. The smallest absolute Gasteiger partial charge is 0.317 e. The first-order chi connectivity index (χ1) is 9.90. The van der Waals surface area contributed by atoms with Crippen molar-refractivity contribution in [2.75, 3.05) is 7.05 Å². The van der Waals surface area contributed by atoms with Gasteiger partial charge in [-0.2, -0.15) is 0 Å². The molecule has 1 aliphatic rings. The molecule has 0 spiro atoms. The summed E-state index contributed by atoms with van der Waals surface area (Å²) in [5.41, 5.74) is -0.576. The number of hydrogen-bond donors (Lipinski definition) is 2. The standard InChI is InChI=1S/C14H19BrN2O3S/c1-17(8-11-6-10(15)9-21-11)13(20)16-14(7-12(18)19)4-2-3-5-14/h6,9H,2-5,7-8H2,1H3,(H,16,20)(H,18,19). The molecule has 21 heavy (non-hydrogen) atoms. The van der Waals surface area contributed by atoms with Crippen molar-refractivity contribution in [2.45, 2.75) is 44.2 Å². The van der Waals surface area contributed by atoms with Gasteiger partial charge in [-0.3, -0.25) is 4.79 Å². The van der Waals surface area contributed by atoms with Gasteiger partial charge in [0.25, 0.3) is 0 Å². The second-order valence-electron chi connectivity index (χ2n) is 5.58. The molecular formula is C14H19BrN2O3S. The number of nitrogens with one attached hydrogen (secondary N) is 1. The Morgan fingerprint density at radius 1 is 1.48 bits per heavy atom. The van der Waals surface area contributed by atoms with E-state index in [1.165, 1.54) is 0 Å². The van der Waals surface area contributed by atoms with Crippen LogP contribution in [0, 0.1) is 0 Å². The number of halogens is 1. The van der Waals surface area contributed by atoms with E-state index in [1.807, 2.05) is 11.4 Å². The molecule has 0 bridgehead atoms. The molecule has 1 aromatic rings. The Labute approximate surface area is 136 Å². The Hall–Kier alpha value is -1.08. The fraction of sp³-hybridized carbons (Fsp3) is 0.571. The van der Waals surface area contributed by atoms with E-state index in [1.54, 1.807) is 23.3 Å². The fourth-order valence-corrected chi connectivity index (χ4v) is 4.26. The van der Waals surface area contributed by atoms with Gasteiger partial charge < -0.3 is 15.3 Å². The Balaban J connectivity index is 1.96. The van der Waals surface area contributed by atoms with Gasteiger partial charge in [0.05, 0.1) is 18.5 Å². The normalized spacial score (nSPS) is 16.7. The summed E-state index contributed by atoms with van der Waals surface area (Å²) < 4.78 is 1.01. The summed E-state index contributed by atoms with van der Waals surface area (Å²) in [6.07, 6.45) is 3.41. The van der Waals surface area contributed by atoms with E-state index in [0.717, 1.165) is 35.0 Å². The number of carboxylic acids is 1. The molecule has 1 aliphatic carbocycles. The Kier molecular flexibility index (Phi) is 5.27. The zero-order valence-corrected chi connectivity index (χ0v) is 14.3. The highest BCUT2D eigenvalue weighted by molar-refractivity contribution is 9.10. The molecule has 0 saturated heterocycles. The van der Waals surface area contributed by atoms with Gasteiger partial charge >= 0.3 is 12.0 Å². The van der Waals surface area contributed by atoms with Crippen molar-refractivity contribution < 1.29 is 14.7 Å². The van der Waals surface area contributed by atoms with Crippen LogP contribution in [0.25, 0.3) is 0 Å². The maximum atomic E-state index is 12.3. The first-order valence-electron chi connectivity index (χ1n) is 6.88. The van der Waals surface area contributed by atoms with Crippen molar-refractivity contribution in [3.05, 3.63) is 20.8 Å². The second-order valence-corrected chi connectivity index (χ2v) is 7.49. The highest BCUT2D eigenvalue weighted by Crippen LogP contribution is 2.33. The average Bonchev–Trinajstić information content (AvgIpc) is 2.98. The lowest BCUT2D eigenvalue weighted by Gasteiger charge is -2.31. The predicted molar refractivity (Wildman–Crippen MR) is 85.5 cm³/mol. The molecule has 7 heteroatoms. The third-order valence-electron chi connectivity index (χ3n) is 3.78. The number of rotatable bonds is 5. The number of carbonyl (C=O) groups is 2. The molecule has 0 aliphatic heterocycles. The van der Waals surface area contributed by atoms with Crippen molar-refractivity contribution in [1.82, 2.24) is 10.2 Å². The minimum absolute atomic E-state index is 0.00285. The molecule has 0 unspecified atom stereocenters. The molecule has 0 atom stereocenters. The van der Waals surface area contributed by atoms with E-state index in [4.69, 9.17) is 5.11 Å². The van der Waals surface area contributed by atoms with Gasteiger partial charge in [0.15, 0.2) is 0 Å². The number of amides is 2. The van der Waals surface area contributed by atoms with Gasteiger partial charge in [0.1, 0.15) is 0 Å². The largest absolute Gasteiger partial charge is 0.481 e. The summed E-state index contributed by atoms with van der Waals surface area (Å²) in [6.45, 7) is 0.519. The molecule has 2 amide bonds. The van der Waals surface area contributed by atoms with Crippen molar-refractivity contribution in [3.63, 3.8) is 0 Å². The van der Waals surface area contributed by atoms with Crippen molar-refractivity contribution in [1.29, 1.82) is 0 Å². The highest BCUT2D eigenvalue weighted by atomic mass is 79.9. The van der Waals surface area contributed by atoms with Crippen LogP contribution in [0.1, 0.15) is 37.0 Å². The molecule has 1 fully saturated rings. The summed E-state index contributed by atoms with van der Waals surface area (Å²) in [6, 6.07) is 1.78. The third kappa shape index (κ3) is 4.44. The third-order valence-corrected chi connectivity index (χ3v) is 5.47. The van der Waals surface area contributed by atoms with E-state index in [9.17, 15) is 9.59 Å². The summed E-state index contributed by atoms with van der Waals surface area (Å²) in [7, 11) is 1.73. The number of aliphatic carboxylic acids is 1. The molecular weight excluding hydrogens is 356 g/mol. The Morgan fingerprint density at radius 3 is 2.67 bits per heavy atom. The van der Waals surface area contributed by atoms with Gasteiger partial charge in [0.2, 0.25) is 0 Å². The van der Waals surface area contributed by atoms with Gasteiger partial charge in [-0.05, 0) is 34.8 Å². The van der Waals surface area contributed by atoms with E-state index in [0.29, 0.717) is 6.54 Å². The van der Waals surface area contributed by atoms with Crippen LogP contribution >= 0.6 is 27.3 Å². The lowest BCUT2D eigenvalue weighted by Crippen LogP contribution is -2.51. The van der Waals surface area contributed by atoms with Gasteiger partial charge in [0, 0.05) is 21.8 Å². The molecule has 1 heterocycles. The molecule has 2 N–H and O–H groups in total. The monoisotopic (exact) mass is 374 g/mol. The number of nitrogens with zero attached hydrogens (tertiary/aromatic N) is 1. The van der Waals surface area contributed by atoms with Crippen LogP contribution in [0.3, 0.4) is 0 Å². The first-order valence-corrected chi connectivity index (χ1v) is 8.55. The summed E-state index contributed by atoms with van der Waals surface area (Å²) >= 11 is 4.98. The summed E-state index contributed by atoms with van der Waals surface area (Å²) in [4.78, 5) is 26.0. The molecule has 116 valence electrons. The number of carboxylic acid groups (broad SMARTS) is 1. The molecule has 0 radical (unpaired) electrons. The quantitative estimate of drug-likeness (QED) is 0.828. The minimum atomic E-state index is -0.859. The Morgan fingerprint density at radius 2 is 2.14 bits per heavy atom. The maximum Gasteiger partial charge on any atom is 0.317 e. The summed E-state index contributed by atoms with van der Waals surface area (Å²) in [5, 5.41) is 14.0. The second kappa shape index (κ2) is 6.79. The molecule has 1 aromatic heterocycles. The number of urea groups is 1. The average molecular weight is 375 g/mol. The fourth-order valence-electron chi connectivity index (χ4n) is 2.75. The number of hydrogen-bond acceptors (Lipinski definition) is 3. The van der Waals surface area contributed by atoms with Crippen LogP contribution in [0.2, 0.25) is 0 Å². The predicted octanol–water partition coefficient (Wildman–Crippen LogP) is 3.44. The number of carbonyl (C=O) groups excluding carboxylic acids is 1. The molecule has 0 aromatic carbocycles. The maximum absolute atomic E-state index is 12.3. The van der Waals surface area contributed by atoms with Crippen LogP contribution in [-0.2, 0) is 11.3 Å². The van der Waals surface area contributed by atoms with E-state index in [-0.39, 0.29) is 12.5 Å². The Bertz CT molecular complexity index is 526. The lowest BCUT2D eigenvalue weighted by atomic mass is 9.93.